The van der Waals surface area contributed by atoms with E-state index >= 15 is 0 Å². The van der Waals surface area contributed by atoms with Crippen LogP contribution in [0.3, 0.4) is 0 Å². The van der Waals surface area contributed by atoms with Crippen LogP contribution >= 0.6 is 11.3 Å². The van der Waals surface area contributed by atoms with E-state index < -0.39 is 4.92 Å². The molecule has 0 aromatic carbocycles. The van der Waals surface area contributed by atoms with Gasteiger partial charge in [0.05, 0.1) is 9.80 Å². The number of Topliss-reactive ketones (excluding diaryl/α,β-unsaturated/α-hetero) is 1. The number of nitro groups is 1. The van der Waals surface area contributed by atoms with Crippen molar-refractivity contribution >= 4 is 27.8 Å². The van der Waals surface area contributed by atoms with Crippen LogP contribution in [-0.2, 0) is 0 Å². The van der Waals surface area contributed by atoms with E-state index in [4.69, 9.17) is 5.11 Å². The van der Waals surface area contributed by atoms with Gasteiger partial charge in [0.25, 0.3) is 0 Å². The summed E-state index contributed by atoms with van der Waals surface area (Å²) in [4.78, 5) is 24.2. The lowest BCUT2D eigenvalue weighted by molar-refractivity contribution is -0.383. The molecule has 1 rings (SSSR count). The van der Waals surface area contributed by atoms with Crippen molar-refractivity contribution in [3.63, 3.8) is 0 Å². The molecule has 0 aliphatic heterocycles. The smallest absolute Gasteiger partial charge is 0.304 e. The van der Waals surface area contributed by atoms with E-state index in [9.17, 15) is 14.9 Å². The molecule has 0 amide bonds. The minimum Gasteiger partial charge on any atom is -0.396 e. The highest BCUT2D eigenvalue weighted by atomic mass is 32.1. The number of carbonyl (C=O) groups is 1. The molecule has 1 heterocycles. The van der Waals surface area contributed by atoms with Crippen molar-refractivity contribution in [1.82, 2.24) is 0 Å². The Kier molecular flexibility index (Phi) is 5.44. The molecule has 19 heavy (non-hydrogen) atoms. The molecule has 7 heteroatoms. The van der Waals surface area contributed by atoms with Crippen LogP contribution < -0.4 is 4.90 Å². The summed E-state index contributed by atoms with van der Waals surface area (Å²) >= 11 is 1.14. The first-order valence-corrected chi connectivity index (χ1v) is 6.86. The van der Waals surface area contributed by atoms with Gasteiger partial charge < -0.3 is 10.0 Å². The lowest BCUT2D eigenvalue weighted by Crippen LogP contribution is -2.31. The van der Waals surface area contributed by atoms with E-state index in [1.807, 2.05) is 18.7 Å². The van der Waals surface area contributed by atoms with E-state index in [1.54, 1.807) is 0 Å². The first kappa shape index (κ1) is 15.6. The molecule has 0 aliphatic carbocycles. The van der Waals surface area contributed by atoms with E-state index in [0.29, 0.717) is 22.8 Å². The highest BCUT2D eigenvalue weighted by Gasteiger charge is 2.26. The number of carbonyl (C=O) groups excluding carboxylic acids is 1. The van der Waals surface area contributed by atoms with Gasteiger partial charge in [0, 0.05) is 25.3 Å². The minimum absolute atomic E-state index is 0.0297. The number of anilines is 1. The summed E-state index contributed by atoms with van der Waals surface area (Å²) in [6.45, 7) is 5.80. The quantitative estimate of drug-likeness (QED) is 0.473. The average molecular weight is 286 g/mol. The maximum Gasteiger partial charge on any atom is 0.304 e. The van der Waals surface area contributed by atoms with Crippen LogP contribution in [0.4, 0.5) is 10.7 Å². The molecule has 1 N–H and O–H groups in total. The molecule has 6 nitrogen and oxygen atoms in total. The summed E-state index contributed by atoms with van der Waals surface area (Å²) in [7, 11) is 0. The molecule has 0 radical (unpaired) electrons. The maximum absolute atomic E-state index is 11.4. The van der Waals surface area contributed by atoms with Gasteiger partial charge in [-0.15, -0.1) is 11.3 Å². The third-order valence-corrected chi connectivity index (χ3v) is 3.94. The van der Waals surface area contributed by atoms with E-state index in [1.165, 1.54) is 13.0 Å². The van der Waals surface area contributed by atoms with Gasteiger partial charge in [-0.05, 0) is 27.2 Å². The number of nitrogens with zero attached hydrogens (tertiary/aromatic N) is 2. The van der Waals surface area contributed by atoms with Crippen molar-refractivity contribution < 1.29 is 14.8 Å². The summed E-state index contributed by atoms with van der Waals surface area (Å²) in [5, 5.41) is 20.5. The lowest BCUT2D eigenvalue weighted by atomic mass is 10.2. The Morgan fingerprint density at radius 1 is 1.58 bits per heavy atom. The minimum atomic E-state index is -0.466. The van der Waals surface area contributed by atoms with Crippen LogP contribution in [0, 0.1) is 10.1 Å². The number of rotatable bonds is 7. The summed E-state index contributed by atoms with van der Waals surface area (Å²) < 4.78 is 0. The number of aliphatic hydroxyl groups excluding tert-OH is 1. The predicted octanol–water partition coefficient (Wildman–Crippen LogP) is 2.46. The second-order valence-electron chi connectivity index (χ2n) is 4.48. The monoisotopic (exact) mass is 286 g/mol. The standard InChI is InChI=1S/C12H18N2O4S/c1-8(2)13(5-4-6-15)12-10(14(17)18)7-11(19-12)9(3)16/h7-8,15H,4-6H2,1-3H3. The normalized spacial score (nSPS) is 10.8. The van der Waals surface area contributed by atoms with Crippen molar-refractivity contribution in [2.75, 3.05) is 18.1 Å². The van der Waals surface area contributed by atoms with Crippen LogP contribution in [0.5, 0.6) is 0 Å². The van der Waals surface area contributed by atoms with Gasteiger partial charge in [-0.25, -0.2) is 0 Å². The number of hydrogen-bond donors (Lipinski definition) is 1. The molecule has 0 bridgehead atoms. The Bertz CT molecular complexity index is 470. The number of aliphatic hydroxyl groups is 1. The van der Waals surface area contributed by atoms with Gasteiger partial charge in [0.15, 0.2) is 10.8 Å². The third-order valence-electron chi connectivity index (χ3n) is 2.68. The van der Waals surface area contributed by atoms with Gasteiger partial charge in [-0.2, -0.15) is 0 Å². The summed E-state index contributed by atoms with van der Waals surface area (Å²) in [6, 6.07) is 1.39. The second kappa shape index (κ2) is 6.63. The maximum atomic E-state index is 11.4. The molecular formula is C12H18N2O4S. The van der Waals surface area contributed by atoms with Gasteiger partial charge in [0.1, 0.15) is 0 Å². The Balaban J connectivity index is 3.19. The van der Waals surface area contributed by atoms with Crippen molar-refractivity contribution in [1.29, 1.82) is 0 Å². The highest BCUT2D eigenvalue weighted by Crippen LogP contribution is 2.38. The van der Waals surface area contributed by atoms with E-state index in [0.717, 1.165) is 11.3 Å². The summed E-state index contributed by atoms with van der Waals surface area (Å²) in [5.41, 5.74) is -0.0400. The Labute approximate surface area is 115 Å². The molecule has 0 fully saturated rings. The zero-order valence-corrected chi connectivity index (χ0v) is 12.1. The van der Waals surface area contributed by atoms with Crippen molar-refractivity contribution in [2.24, 2.45) is 0 Å². The molecule has 0 saturated carbocycles. The summed E-state index contributed by atoms with van der Waals surface area (Å²) in [6.07, 6.45) is 0.530. The number of hydrogen-bond acceptors (Lipinski definition) is 6. The first-order valence-electron chi connectivity index (χ1n) is 6.05. The van der Waals surface area contributed by atoms with Gasteiger partial charge >= 0.3 is 5.69 Å². The second-order valence-corrected chi connectivity index (χ2v) is 5.51. The molecule has 106 valence electrons. The largest absolute Gasteiger partial charge is 0.396 e. The zero-order valence-electron chi connectivity index (χ0n) is 11.3. The van der Waals surface area contributed by atoms with Crippen molar-refractivity contribution in [2.45, 2.75) is 33.2 Å². The molecule has 1 aromatic rings. The average Bonchev–Trinajstić information content (AvgIpc) is 2.74. The highest BCUT2D eigenvalue weighted by molar-refractivity contribution is 7.18. The van der Waals surface area contributed by atoms with Crippen LogP contribution in [0.25, 0.3) is 0 Å². The topological polar surface area (TPSA) is 83.7 Å². The van der Waals surface area contributed by atoms with Crippen molar-refractivity contribution in [3.05, 3.63) is 21.1 Å². The molecule has 0 atom stereocenters. The van der Waals surface area contributed by atoms with Crippen molar-refractivity contribution in [3.8, 4) is 0 Å². The Morgan fingerprint density at radius 3 is 2.63 bits per heavy atom. The third kappa shape index (κ3) is 3.74. The van der Waals surface area contributed by atoms with E-state index in [-0.39, 0.29) is 24.1 Å². The number of thiophene rings is 1. The van der Waals surface area contributed by atoms with Crippen LogP contribution in [-0.4, -0.2) is 35.0 Å². The zero-order chi connectivity index (χ0) is 14.6. The van der Waals surface area contributed by atoms with Gasteiger partial charge in [0.2, 0.25) is 0 Å². The molecule has 0 aliphatic rings. The number of ketones is 1. The fourth-order valence-electron chi connectivity index (χ4n) is 1.72. The SMILES string of the molecule is CC(=O)c1cc([N+](=O)[O-])c(N(CCCO)C(C)C)s1. The first-order chi connectivity index (χ1) is 8.88. The van der Waals surface area contributed by atoms with Crippen LogP contribution in [0.1, 0.15) is 36.9 Å². The fourth-order valence-corrected chi connectivity index (χ4v) is 2.90. The fraction of sp³-hybridized carbons (Fsp3) is 0.583. The van der Waals surface area contributed by atoms with E-state index in [2.05, 4.69) is 0 Å². The lowest BCUT2D eigenvalue weighted by Gasteiger charge is -2.26. The molecule has 0 unspecified atom stereocenters. The molecule has 0 spiro atoms. The van der Waals surface area contributed by atoms with Crippen LogP contribution in [0.2, 0.25) is 0 Å². The molecule has 0 saturated heterocycles. The van der Waals surface area contributed by atoms with Gasteiger partial charge in [-0.3, -0.25) is 14.9 Å². The Hall–Kier alpha value is -1.47. The summed E-state index contributed by atoms with van der Waals surface area (Å²) in [5.74, 6) is -0.176. The predicted molar refractivity (Wildman–Crippen MR) is 75.2 cm³/mol. The molecular weight excluding hydrogens is 268 g/mol. The van der Waals surface area contributed by atoms with Gasteiger partial charge in [-0.1, -0.05) is 0 Å². The van der Waals surface area contributed by atoms with Crippen LogP contribution in [0.15, 0.2) is 6.07 Å². The Morgan fingerprint density at radius 2 is 2.21 bits per heavy atom. The molecule has 1 aromatic heterocycles.